The molecule has 1 heterocycles. The molecule has 0 bridgehead atoms. The van der Waals surface area contributed by atoms with Crippen LogP contribution in [0.25, 0.3) is 0 Å². The highest BCUT2D eigenvalue weighted by atomic mass is 32.2. The molecule has 8 heteroatoms. The van der Waals surface area contributed by atoms with Crippen molar-refractivity contribution in [2.75, 3.05) is 13.2 Å². The van der Waals surface area contributed by atoms with Gasteiger partial charge in [-0.25, -0.2) is 13.6 Å². The number of hydrogen-bond acceptors (Lipinski definition) is 5. The monoisotopic (exact) mass is 334 g/mol. The van der Waals surface area contributed by atoms with E-state index in [0.29, 0.717) is 18.1 Å². The van der Waals surface area contributed by atoms with E-state index in [2.05, 4.69) is 5.32 Å². The Hall–Kier alpha value is -0.960. The standard InChI is InChI=1S/C13H22N2O4S2/c1-4-19-8-11(9(2)3)15-12(16)7-10-5-6-13(20-10)21(14,17)18/h5-6,9,11H,4,7-8H2,1-3H3,(H,15,16)(H2,14,17,18). The Labute approximate surface area is 129 Å². The molecule has 0 radical (unpaired) electrons. The molecular weight excluding hydrogens is 312 g/mol. The van der Waals surface area contributed by atoms with E-state index in [1.54, 1.807) is 6.07 Å². The summed E-state index contributed by atoms with van der Waals surface area (Å²) in [7, 11) is -3.70. The SMILES string of the molecule is CCOCC(NC(=O)Cc1ccc(S(N)(=O)=O)s1)C(C)C. The zero-order valence-electron chi connectivity index (χ0n) is 12.5. The van der Waals surface area contributed by atoms with Crippen LogP contribution in [0.1, 0.15) is 25.6 Å². The van der Waals surface area contributed by atoms with Crippen LogP contribution in [0.15, 0.2) is 16.3 Å². The zero-order chi connectivity index (χ0) is 16.0. The maximum absolute atomic E-state index is 12.0. The fourth-order valence-corrected chi connectivity index (χ4v) is 3.45. The van der Waals surface area contributed by atoms with Gasteiger partial charge >= 0.3 is 0 Å². The summed E-state index contributed by atoms with van der Waals surface area (Å²) in [5.74, 6) is 0.0973. The second-order valence-electron chi connectivity index (χ2n) is 5.02. The second-order valence-corrected chi connectivity index (χ2v) is 7.98. The molecule has 3 N–H and O–H groups in total. The van der Waals surface area contributed by atoms with Crippen molar-refractivity contribution in [3.05, 3.63) is 17.0 Å². The van der Waals surface area contributed by atoms with Gasteiger partial charge in [0.1, 0.15) is 4.21 Å². The van der Waals surface area contributed by atoms with Gasteiger partial charge < -0.3 is 10.1 Å². The lowest BCUT2D eigenvalue weighted by molar-refractivity contribution is -0.121. The zero-order valence-corrected chi connectivity index (χ0v) is 14.1. The van der Waals surface area contributed by atoms with Crippen LogP contribution in [0.3, 0.4) is 0 Å². The summed E-state index contributed by atoms with van der Waals surface area (Å²) >= 11 is 1.02. The molecule has 1 aromatic rings. The molecule has 1 amide bonds. The van der Waals surface area contributed by atoms with E-state index in [1.165, 1.54) is 6.07 Å². The van der Waals surface area contributed by atoms with E-state index in [4.69, 9.17) is 9.88 Å². The number of rotatable bonds is 8. The third kappa shape index (κ3) is 6.13. The lowest BCUT2D eigenvalue weighted by Crippen LogP contribution is -2.42. The van der Waals surface area contributed by atoms with Crippen LogP contribution >= 0.6 is 11.3 Å². The quantitative estimate of drug-likeness (QED) is 0.744. The molecule has 0 saturated heterocycles. The molecular formula is C13H22N2O4S2. The summed E-state index contributed by atoms with van der Waals surface area (Å²) in [6.45, 7) is 6.98. The average Bonchev–Trinajstić information content (AvgIpc) is 2.82. The van der Waals surface area contributed by atoms with Crippen molar-refractivity contribution in [2.45, 2.75) is 37.4 Å². The van der Waals surface area contributed by atoms with Crippen LogP contribution in [0.5, 0.6) is 0 Å². The van der Waals surface area contributed by atoms with Gasteiger partial charge in [-0.1, -0.05) is 13.8 Å². The summed E-state index contributed by atoms with van der Waals surface area (Å²) in [5.41, 5.74) is 0. The Morgan fingerprint density at radius 1 is 1.43 bits per heavy atom. The topological polar surface area (TPSA) is 98.5 Å². The fourth-order valence-electron chi connectivity index (χ4n) is 1.67. The van der Waals surface area contributed by atoms with E-state index < -0.39 is 10.0 Å². The molecule has 0 aliphatic carbocycles. The van der Waals surface area contributed by atoms with Crippen LogP contribution in [0.2, 0.25) is 0 Å². The van der Waals surface area contributed by atoms with Crippen LogP contribution in [-0.2, 0) is 26.0 Å². The lowest BCUT2D eigenvalue weighted by Gasteiger charge is -2.22. The Bertz CT molecular complexity index is 566. The van der Waals surface area contributed by atoms with Crippen molar-refractivity contribution in [1.29, 1.82) is 0 Å². The van der Waals surface area contributed by atoms with Gasteiger partial charge in [0.05, 0.1) is 19.1 Å². The predicted molar refractivity (Wildman–Crippen MR) is 82.7 cm³/mol. The summed E-state index contributed by atoms with van der Waals surface area (Å²) in [4.78, 5) is 12.7. The van der Waals surface area contributed by atoms with Crippen LogP contribution in [0.4, 0.5) is 0 Å². The summed E-state index contributed by atoms with van der Waals surface area (Å²) in [5, 5.41) is 7.95. The molecule has 1 rings (SSSR count). The maximum Gasteiger partial charge on any atom is 0.247 e. The highest BCUT2D eigenvalue weighted by molar-refractivity contribution is 7.91. The number of primary sulfonamides is 1. The number of amides is 1. The highest BCUT2D eigenvalue weighted by Crippen LogP contribution is 2.20. The Morgan fingerprint density at radius 2 is 2.10 bits per heavy atom. The molecule has 120 valence electrons. The van der Waals surface area contributed by atoms with Crippen molar-refractivity contribution < 1.29 is 17.9 Å². The molecule has 0 spiro atoms. The minimum Gasteiger partial charge on any atom is -0.380 e. The first-order chi connectivity index (χ1) is 9.74. The third-order valence-corrected chi connectivity index (χ3v) is 5.43. The minimum absolute atomic E-state index is 0.0601. The molecule has 0 aromatic carbocycles. The number of hydrogen-bond donors (Lipinski definition) is 2. The van der Waals surface area contributed by atoms with Gasteiger partial charge in [0.25, 0.3) is 0 Å². The number of nitrogens with two attached hydrogens (primary N) is 1. The normalized spacial score (nSPS) is 13.4. The van der Waals surface area contributed by atoms with E-state index in [-0.39, 0.29) is 28.5 Å². The van der Waals surface area contributed by atoms with E-state index in [1.807, 2.05) is 20.8 Å². The fraction of sp³-hybridized carbons (Fsp3) is 0.615. The second kappa shape index (κ2) is 7.88. The molecule has 0 saturated carbocycles. The van der Waals surface area contributed by atoms with Gasteiger partial charge in [-0.15, -0.1) is 11.3 Å². The Morgan fingerprint density at radius 3 is 2.57 bits per heavy atom. The summed E-state index contributed by atoms with van der Waals surface area (Å²) in [6, 6.07) is 2.97. The smallest absolute Gasteiger partial charge is 0.247 e. The van der Waals surface area contributed by atoms with Gasteiger partial charge in [0.2, 0.25) is 15.9 Å². The number of ether oxygens (including phenoxy) is 1. The first-order valence-corrected chi connectivity index (χ1v) is 9.09. The molecule has 1 aromatic heterocycles. The molecule has 1 unspecified atom stereocenters. The van der Waals surface area contributed by atoms with E-state index >= 15 is 0 Å². The van der Waals surface area contributed by atoms with Crippen LogP contribution < -0.4 is 10.5 Å². The molecule has 6 nitrogen and oxygen atoms in total. The largest absolute Gasteiger partial charge is 0.380 e. The highest BCUT2D eigenvalue weighted by Gasteiger charge is 2.18. The van der Waals surface area contributed by atoms with Gasteiger partial charge in [-0.05, 0) is 25.0 Å². The first-order valence-electron chi connectivity index (χ1n) is 6.72. The van der Waals surface area contributed by atoms with Crippen molar-refractivity contribution in [3.8, 4) is 0 Å². The number of carbonyl (C=O) groups is 1. The molecule has 0 fully saturated rings. The molecule has 21 heavy (non-hydrogen) atoms. The van der Waals surface area contributed by atoms with Gasteiger partial charge in [0.15, 0.2) is 0 Å². The average molecular weight is 334 g/mol. The lowest BCUT2D eigenvalue weighted by atomic mass is 10.1. The van der Waals surface area contributed by atoms with Crippen molar-refractivity contribution in [1.82, 2.24) is 5.32 Å². The third-order valence-electron chi connectivity index (χ3n) is 2.90. The molecule has 1 atom stereocenters. The predicted octanol–water partition coefficient (Wildman–Crippen LogP) is 1.12. The van der Waals surface area contributed by atoms with Gasteiger partial charge in [-0.3, -0.25) is 4.79 Å². The van der Waals surface area contributed by atoms with Crippen molar-refractivity contribution >= 4 is 27.3 Å². The number of sulfonamides is 1. The van der Waals surface area contributed by atoms with Crippen LogP contribution in [0, 0.1) is 5.92 Å². The summed E-state index contributed by atoms with van der Waals surface area (Å²) < 4.78 is 27.8. The van der Waals surface area contributed by atoms with E-state index in [0.717, 1.165) is 11.3 Å². The number of nitrogens with one attached hydrogen (secondary N) is 1. The van der Waals surface area contributed by atoms with Crippen molar-refractivity contribution in [3.63, 3.8) is 0 Å². The van der Waals surface area contributed by atoms with Crippen LogP contribution in [-0.4, -0.2) is 33.6 Å². The minimum atomic E-state index is -3.70. The summed E-state index contributed by atoms with van der Waals surface area (Å²) in [6.07, 6.45) is 0.134. The molecule has 0 aliphatic rings. The maximum atomic E-state index is 12.0. The number of carbonyl (C=O) groups excluding carboxylic acids is 1. The first kappa shape index (κ1) is 18.1. The number of thiophene rings is 1. The van der Waals surface area contributed by atoms with Gasteiger partial charge in [0, 0.05) is 11.5 Å². The molecule has 0 aliphatic heterocycles. The Balaban J connectivity index is 2.62. The Kier molecular flexibility index (Phi) is 6.79. The van der Waals surface area contributed by atoms with Gasteiger partial charge in [-0.2, -0.15) is 0 Å². The van der Waals surface area contributed by atoms with Crippen molar-refractivity contribution in [2.24, 2.45) is 11.1 Å². The van der Waals surface area contributed by atoms with E-state index in [9.17, 15) is 13.2 Å².